The number of halogens is 1. The molecule has 0 aliphatic carbocycles. The molecule has 0 saturated heterocycles. The number of nitrogens with one attached hydrogen (secondary N) is 1. The summed E-state index contributed by atoms with van der Waals surface area (Å²) in [5.41, 5.74) is 0.0243. The lowest BCUT2D eigenvalue weighted by Crippen LogP contribution is -2.19. The van der Waals surface area contributed by atoms with Crippen LogP contribution in [0.1, 0.15) is 0 Å². The zero-order valence-corrected chi connectivity index (χ0v) is 11.0. The first-order valence-corrected chi connectivity index (χ1v) is 5.73. The van der Waals surface area contributed by atoms with E-state index in [1.807, 2.05) is 0 Å². The van der Waals surface area contributed by atoms with Crippen LogP contribution in [0.2, 0.25) is 5.02 Å². The van der Waals surface area contributed by atoms with E-state index in [0.717, 1.165) is 0 Å². The third-order valence-corrected chi connectivity index (χ3v) is 2.41. The predicted molar refractivity (Wildman–Crippen MR) is 69.4 cm³/mol. The second-order valence-electron chi connectivity index (χ2n) is 3.52. The van der Waals surface area contributed by atoms with Gasteiger partial charge < -0.3 is 14.8 Å². The van der Waals surface area contributed by atoms with E-state index in [0.29, 0.717) is 13.2 Å². The summed E-state index contributed by atoms with van der Waals surface area (Å²) in [6.45, 7) is 0.532. The van der Waals surface area contributed by atoms with Crippen LogP contribution in [0.3, 0.4) is 0 Å². The van der Waals surface area contributed by atoms with Gasteiger partial charge in [-0.25, -0.2) is 0 Å². The molecule has 1 N–H and O–H groups in total. The number of amides is 1. The Hall–Kier alpha value is -1.70. The van der Waals surface area contributed by atoms with E-state index >= 15 is 0 Å². The highest BCUT2D eigenvalue weighted by atomic mass is 35.5. The van der Waals surface area contributed by atoms with Gasteiger partial charge in [0.05, 0.1) is 18.1 Å². The molecule has 0 aromatic heterocycles. The minimum absolute atomic E-state index is 0.0133. The van der Waals surface area contributed by atoms with E-state index in [1.165, 1.54) is 25.3 Å². The highest BCUT2D eigenvalue weighted by Gasteiger charge is 2.13. The Labute approximate surface area is 114 Å². The molecule has 0 saturated carbocycles. The fraction of sp³-hybridized carbons (Fsp3) is 0.364. The Morgan fingerprint density at radius 1 is 1.47 bits per heavy atom. The van der Waals surface area contributed by atoms with Crippen LogP contribution in [0.15, 0.2) is 18.2 Å². The van der Waals surface area contributed by atoms with Crippen LogP contribution >= 0.6 is 11.6 Å². The van der Waals surface area contributed by atoms with Crippen LogP contribution in [0, 0.1) is 10.1 Å². The van der Waals surface area contributed by atoms with Gasteiger partial charge >= 0.3 is 0 Å². The Bertz CT molecular complexity index is 466. The first-order valence-electron chi connectivity index (χ1n) is 5.35. The lowest BCUT2D eigenvalue weighted by molar-refractivity contribution is -0.384. The fourth-order valence-electron chi connectivity index (χ4n) is 1.23. The molecule has 0 aliphatic rings. The lowest BCUT2D eigenvalue weighted by atomic mass is 10.3. The van der Waals surface area contributed by atoms with E-state index < -0.39 is 10.8 Å². The molecular weight excluding hydrogens is 276 g/mol. The lowest BCUT2D eigenvalue weighted by Gasteiger charge is -2.06. The summed E-state index contributed by atoms with van der Waals surface area (Å²) in [5, 5.41) is 13.2. The van der Waals surface area contributed by atoms with Crippen molar-refractivity contribution >= 4 is 28.9 Å². The van der Waals surface area contributed by atoms with Gasteiger partial charge in [0, 0.05) is 18.9 Å². The number of carbonyl (C=O) groups is 1. The van der Waals surface area contributed by atoms with Crippen LogP contribution in [-0.4, -0.2) is 37.8 Å². The summed E-state index contributed by atoms with van der Waals surface area (Å²) in [6, 6.07) is 4.01. The topological polar surface area (TPSA) is 90.7 Å². The van der Waals surface area contributed by atoms with Gasteiger partial charge in [-0.2, -0.15) is 0 Å². The minimum Gasteiger partial charge on any atom is -0.382 e. The minimum atomic E-state index is -0.618. The molecule has 0 unspecified atom stereocenters. The quantitative estimate of drug-likeness (QED) is 0.470. The maximum absolute atomic E-state index is 11.5. The number of benzene rings is 1. The molecular formula is C11H13ClN2O5. The number of anilines is 1. The van der Waals surface area contributed by atoms with E-state index in [9.17, 15) is 14.9 Å². The number of nitro groups is 1. The molecule has 1 aromatic rings. The monoisotopic (exact) mass is 288 g/mol. The van der Waals surface area contributed by atoms with Crippen LogP contribution in [0.5, 0.6) is 0 Å². The largest absolute Gasteiger partial charge is 0.382 e. The molecule has 0 bridgehead atoms. The molecule has 8 heteroatoms. The Morgan fingerprint density at radius 3 is 2.84 bits per heavy atom. The summed E-state index contributed by atoms with van der Waals surface area (Å²) in [7, 11) is 1.52. The maximum atomic E-state index is 11.5. The Morgan fingerprint density at radius 2 is 2.21 bits per heavy atom. The van der Waals surface area contributed by atoms with Crippen molar-refractivity contribution in [3.8, 4) is 0 Å². The molecule has 0 aliphatic heterocycles. The van der Waals surface area contributed by atoms with Crippen molar-refractivity contribution in [1.82, 2.24) is 0 Å². The number of nitro benzene ring substituents is 1. The molecule has 0 radical (unpaired) electrons. The number of ether oxygens (including phenoxy) is 2. The average molecular weight is 289 g/mol. The summed E-state index contributed by atoms with van der Waals surface area (Å²) in [5.74, 6) is -0.410. The van der Waals surface area contributed by atoms with Gasteiger partial charge in [0.1, 0.15) is 11.6 Å². The van der Waals surface area contributed by atoms with E-state index in [2.05, 4.69) is 5.32 Å². The van der Waals surface area contributed by atoms with Crippen LogP contribution in [-0.2, 0) is 14.3 Å². The number of nitrogens with zero attached hydrogens (tertiary/aromatic N) is 1. The number of hydrogen-bond donors (Lipinski definition) is 1. The first kappa shape index (κ1) is 15.4. The first-order chi connectivity index (χ1) is 9.04. The zero-order chi connectivity index (χ0) is 14.3. The predicted octanol–water partition coefficient (Wildman–Crippen LogP) is 1.85. The highest BCUT2D eigenvalue weighted by Crippen LogP contribution is 2.27. The van der Waals surface area contributed by atoms with Crippen molar-refractivity contribution in [1.29, 1.82) is 0 Å². The summed E-state index contributed by atoms with van der Waals surface area (Å²) in [4.78, 5) is 21.5. The average Bonchev–Trinajstić information content (AvgIpc) is 2.36. The zero-order valence-electron chi connectivity index (χ0n) is 10.2. The van der Waals surface area contributed by atoms with Crippen molar-refractivity contribution in [2.24, 2.45) is 0 Å². The molecule has 1 rings (SSSR count). The van der Waals surface area contributed by atoms with Gasteiger partial charge in [-0.3, -0.25) is 14.9 Å². The standard InChI is InChI=1S/C11H13ClN2O5/c1-18-4-5-19-7-11(15)13-8-2-3-9(12)10(6-8)14(16)17/h2-3,6H,4-5,7H2,1H3,(H,13,15). The van der Waals surface area contributed by atoms with E-state index in [-0.39, 0.29) is 23.0 Å². The molecule has 0 heterocycles. The van der Waals surface area contributed by atoms with Crippen molar-refractivity contribution in [2.45, 2.75) is 0 Å². The van der Waals surface area contributed by atoms with Crippen molar-refractivity contribution in [2.75, 3.05) is 32.2 Å². The van der Waals surface area contributed by atoms with Gasteiger partial charge in [0.2, 0.25) is 5.91 Å². The fourth-order valence-corrected chi connectivity index (χ4v) is 1.42. The van der Waals surface area contributed by atoms with E-state index in [4.69, 9.17) is 21.1 Å². The van der Waals surface area contributed by atoms with Crippen molar-refractivity contribution in [3.05, 3.63) is 33.3 Å². The van der Waals surface area contributed by atoms with Crippen LogP contribution < -0.4 is 5.32 Å². The Balaban J connectivity index is 2.55. The van der Waals surface area contributed by atoms with Gasteiger partial charge in [-0.15, -0.1) is 0 Å². The van der Waals surface area contributed by atoms with Crippen LogP contribution in [0.25, 0.3) is 0 Å². The van der Waals surface area contributed by atoms with Gasteiger partial charge in [0.15, 0.2) is 0 Å². The number of carbonyl (C=O) groups excluding carboxylic acids is 1. The molecule has 1 aromatic carbocycles. The van der Waals surface area contributed by atoms with Crippen molar-refractivity contribution < 1.29 is 19.2 Å². The number of methoxy groups -OCH3 is 1. The Kier molecular flexibility index (Phi) is 6.20. The molecule has 1 amide bonds. The maximum Gasteiger partial charge on any atom is 0.289 e. The number of hydrogen-bond acceptors (Lipinski definition) is 5. The third-order valence-electron chi connectivity index (χ3n) is 2.09. The highest BCUT2D eigenvalue weighted by molar-refractivity contribution is 6.32. The van der Waals surface area contributed by atoms with Crippen LogP contribution in [0.4, 0.5) is 11.4 Å². The summed E-state index contributed by atoms with van der Waals surface area (Å²) >= 11 is 5.65. The van der Waals surface area contributed by atoms with Gasteiger partial charge in [-0.1, -0.05) is 11.6 Å². The molecule has 0 atom stereocenters. The smallest absolute Gasteiger partial charge is 0.289 e. The summed E-state index contributed by atoms with van der Waals surface area (Å²) in [6.07, 6.45) is 0. The second kappa shape index (κ2) is 7.67. The molecule has 0 fully saturated rings. The third kappa shape index (κ3) is 5.21. The van der Waals surface area contributed by atoms with E-state index in [1.54, 1.807) is 0 Å². The SMILES string of the molecule is COCCOCC(=O)Nc1ccc(Cl)c([N+](=O)[O-])c1. The van der Waals surface area contributed by atoms with Gasteiger partial charge in [0.25, 0.3) is 5.69 Å². The normalized spacial score (nSPS) is 10.2. The number of rotatable bonds is 7. The summed E-state index contributed by atoms with van der Waals surface area (Å²) < 4.78 is 9.76. The second-order valence-corrected chi connectivity index (χ2v) is 3.92. The molecule has 7 nitrogen and oxygen atoms in total. The molecule has 19 heavy (non-hydrogen) atoms. The molecule has 0 spiro atoms. The van der Waals surface area contributed by atoms with Crippen molar-refractivity contribution in [3.63, 3.8) is 0 Å². The molecule has 104 valence electrons. The van der Waals surface area contributed by atoms with Gasteiger partial charge in [-0.05, 0) is 12.1 Å².